The molecule has 19 heavy (non-hydrogen) atoms. The average molecular weight is 254 g/mol. The molecule has 0 radical (unpaired) electrons. The molecule has 1 fully saturated rings. The van der Waals surface area contributed by atoms with Gasteiger partial charge in [-0.1, -0.05) is 30.3 Å². The molecule has 1 aromatic heterocycles. The summed E-state index contributed by atoms with van der Waals surface area (Å²) < 4.78 is 2.00. The fourth-order valence-electron chi connectivity index (χ4n) is 2.71. The number of carbonyl (C=O) groups is 1. The number of likely N-dealkylation sites (tertiary alicyclic amines) is 1. The van der Waals surface area contributed by atoms with E-state index in [1.54, 1.807) is 0 Å². The second kappa shape index (κ2) is 5.31. The quantitative estimate of drug-likeness (QED) is 0.826. The second-order valence-electron chi connectivity index (χ2n) is 4.98. The van der Waals surface area contributed by atoms with Crippen molar-refractivity contribution in [1.82, 2.24) is 9.47 Å². The van der Waals surface area contributed by atoms with Gasteiger partial charge in [-0.15, -0.1) is 0 Å². The third-order valence-electron chi connectivity index (χ3n) is 3.69. The number of hydrogen-bond donors (Lipinski definition) is 0. The van der Waals surface area contributed by atoms with Crippen LogP contribution in [0.3, 0.4) is 0 Å². The first kappa shape index (κ1) is 12.0. The molecule has 3 heteroatoms. The van der Waals surface area contributed by atoms with E-state index >= 15 is 0 Å². The molecule has 3 rings (SSSR count). The minimum absolute atomic E-state index is 0.208. The van der Waals surface area contributed by atoms with Gasteiger partial charge in [-0.2, -0.15) is 0 Å². The predicted octanol–water partition coefficient (Wildman–Crippen LogP) is 2.70. The van der Waals surface area contributed by atoms with Crippen LogP contribution in [0.4, 0.5) is 0 Å². The molecule has 0 aliphatic carbocycles. The lowest BCUT2D eigenvalue weighted by atomic mass is 10.1. The molecule has 1 atom stereocenters. The summed E-state index contributed by atoms with van der Waals surface area (Å²) in [5.74, 6) is 0.208. The molecule has 1 unspecified atom stereocenters. The van der Waals surface area contributed by atoms with E-state index in [4.69, 9.17) is 0 Å². The second-order valence-corrected chi connectivity index (χ2v) is 4.98. The van der Waals surface area contributed by atoms with E-state index in [9.17, 15) is 4.79 Å². The van der Waals surface area contributed by atoms with E-state index in [2.05, 4.69) is 0 Å². The zero-order valence-electron chi connectivity index (χ0n) is 10.9. The van der Waals surface area contributed by atoms with E-state index in [0.29, 0.717) is 0 Å². The van der Waals surface area contributed by atoms with E-state index in [0.717, 1.165) is 31.5 Å². The van der Waals surface area contributed by atoms with Crippen molar-refractivity contribution < 1.29 is 4.79 Å². The maximum atomic E-state index is 12.7. The first-order chi connectivity index (χ1) is 9.36. The van der Waals surface area contributed by atoms with Crippen LogP contribution >= 0.6 is 0 Å². The Morgan fingerprint density at radius 3 is 2.21 bits per heavy atom. The van der Waals surface area contributed by atoms with Crippen LogP contribution in [0.5, 0.6) is 0 Å². The van der Waals surface area contributed by atoms with Crippen LogP contribution in [-0.4, -0.2) is 28.5 Å². The minimum atomic E-state index is -0.228. The van der Waals surface area contributed by atoms with Crippen LogP contribution < -0.4 is 0 Å². The molecule has 1 aliphatic heterocycles. The molecule has 0 spiro atoms. The van der Waals surface area contributed by atoms with Gasteiger partial charge in [0.05, 0.1) is 0 Å². The first-order valence-electron chi connectivity index (χ1n) is 6.82. The fraction of sp³-hybridized carbons (Fsp3) is 0.312. The highest BCUT2D eigenvalue weighted by atomic mass is 16.2. The highest BCUT2D eigenvalue weighted by Crippen LogP contribution is 2.23. The summed E-state index contributed by atoms with van der Waals surface area (Å²) >= 11 is 0. The molecule has 0 saturated carbocycles. The number of amides is 1. The molecule has 1 saturated heterocycles. The maximum Gasteiger partial charge on any atom is 0.250 e. The van der Waals surface area contributed by atoms with Crippen molar-refractivity contribution in [2.75, 3.05) is 13.1 Å². The van der Waals surface area contributed by atoms with Gasteiger partial charge in [-0.3, -0.25) is 4.79 Å². The van der Waals surface area contributed by atoms with E-state index < -0.39 is 0 Å². The van der Waals surface area contributed by atoms with Gasteiger partial charge >= 0.3 is 0 Å². The van der Waals surface area contributed by atoms with Gasteiger partial charge in [0, 0.05) is 25.5 Å². The number of benzene rings is 1. The van der Waals surface area contributed by atoms with Crippen LogP contribution in [-0.2, 0) is 4.79 Å². The van der Waals surface area contributed by atoms with Gasteiger partial charge in [-0.05, 0) is 30.5 Å². The molecule has 3 nitrogen and oxygen atoms in total. The zero-order chi connectivity index (χ0) is 13.1. The van der Waals surface area contributed by atoms with Crippen LogP contribution in [0, 0.1) is 0 Å². The van der Waals surface area contributed by atoms with Crippen molar-refractivity contribution in [3.05, 3.63) is 60.4 Å². The summed E-state index contributed by atoms with van der Waals surface area (Å²) in [5, 5.41) is 0. The van der Waals surface area contributed by atoms with Gasteiger partial charge in [-0.25, -0.2) is 0 Å². The van der Waals surface area contributed by atoms with Crippen molar-refractivity contribution in [3.8, 4) is 0 Å². The zero-order valence-corrected chi connectivity index (χ0v) is 10.9. The summed E-state index contributed by atoms with van der Waals surface area (Å²) in [4.78, 5) is 14.7. The van der Waals surface area contributed by atoms with E-state index in [1.165, 1.54) is 0 Å². The summed E-state index contributed by atoms with van der Waals surface area (Å²) in [6.45, 7) is 1.78. The van der Waals surface area contributed by atoms with Crippen LogP contribution in [0.2, 0.25) is 0 Å². The highest BCUT2D eigenvalue weighted by molar-refractivity contribution is 5.84. The third kappa shape index (κ3) is 2.41. The summed E-state index contributed by atoms with van der Waals surface area (Å²) in [5.41, 5.74) is 1.05. The van der Waals surface area contributed by atoms with Crippen molar-refractivity contribution in [1.29, 1.82) is 0 Å². The molecular formula is C16H18N2O. The Bertz CT molecular complexity index is 527. The molecule has 1 aliphatic rings. The van der Waals surface area contributed by atoms with Crippen molar-refractivity contribution in [3.63, 3.8) is 0 Å². The minimum Gasteiger partial charge on any atom is -0.341 e. The first-order valence-corrected chi connectivity index (χ1v) is 6.82. The maximum absolute atomic E-state index is 12.7. The lowest BCUT2D eigenvalue weighted by Crippen LogP contribution is -2.35. The Balaban J connectivity index is 1.95. The van der Waals surface area contributed by atoms with E-state index in [1.807, 2.05) is 64.3 Å². The fourth-order valence-corrected chi connectivity index (χ4v) is 2.71. The highest BCUT2D eigenvalue weighted by Gasteiger charge is 2.28. The Morgan fingerprint density at radius 2 is 1.58 bits per heavy atom. The number of rotatable bonds is 3. The van der Waals surface area contributed by atoms with Gasteiger partial charge in [0.15, 0.2) is 0 Å². The predicted molar refractivity (Wildman–Crippen MR) is 74.8 cm³/mol. The average Bonchev–Trinajstić information content (AvgIpc) is 3.13. The summed E-state index contributed by atoms with van der Waals surface area (Å²) in [7, 11) is 0. The summed E-state index contributed by atoms with van der Waals surface area (Å²) in [6, 6.07) is 13.7. The van der Waals surface area contributed by atoms with Crippen LogP contribution in [0.25, 0.3) is 0 Å². The lowest BCUT2D eigenvalue weighted by Gasteiger charge is -2.24. The smallest absolute Gasteiger partial charge is 0.250 e. The van der Waals surface area contributed by atoms with Crippen molar-refractivity contribution >= 4 is 5.91 Å². The molecular weight excluding hydrogens is 236 g/mol. The standard InChI is InChI=1S/C16H18N2O/c19-16(18-12-6-7-13-18)15(17-10-4-5-11-17)14-8-2-1-3-9-14/h1-5,8-11,15H,6-7,12-13H2. The largest absolute Gasteiger partial charge is 0.341 e. The van der Waals surface area contributed by atoms with Crippen molar-refractivity contribution in [2.24, 2.45) is 0 Å². The number of carbonyl (C=O) groups excluding carboxylic acids is 1. The van der Waals surface area contributed by atoms with Gasteiger partial charge in [0.2, 0.25) is 5.91 Å². The monoisotopic (exact) mass is 254 g/mol. The SMILES string of the molecule is O=C(C(c1ccccc1)n1cccc1)N1CCCC1. The molecule has 98 valence electrons. The number of nitrogens with zero attached hydrogens (tertiary/aromatic N) is 2. The topological polar surface area (TPSA) is 25.2 Å². The van der Waals surface area contributed by atoms with Gasteiger partial charge < -0.3 is 9.47 Å². The van der Waals surface area contributed by atoms with Gasteiger partial charge in [0.25, 0.3) is 0 Å². The Morgan fingerprint density at radius 1 is 0.947 bits per heavy atom. The molecule has 2 aromatic rings. The van der Waals surface area contributed by atoms with Crippen LogP contribution in [0.15, 0.2) is 54.9 Å². The normalized spacial score (nSPS) is 16.5. The number of aromatic nitrogens is 1. The van der Waals surface area contributed by atoms with Crippen molar-refractivity contribution in [2.45, 2.75) is 18.9 Å². The molecule has 1 aromatic carbocycles. The molecule has 0 bridgehead atoms. The Kier molecular flexibility index (Phi) is 3.36. The molecule has 2 heterocycles. The lowest BCUT2D eigenvalue weighted by molar-refractivity contribution is -0.132. The Labute approximate surface area is 113 Å². The van der Waals surface area contributed by atoms with Crippen LogP contribution in [0.1, 0.15) is 24.4 Å². The molecule has 0 N–H and O–H groups in total. The Hall–Kier alpha value is -2.03. The van der Waals surface area contributed by atoms with Gasteiger partial charge in [0.1, 0.15) is 6.04 Å². The summed E-state index contributed by atoms with van der Waals surface area (Å²) in [6.07, 6.45) is 6.18. The third-order valence-corrected chi connectivity index (χ3v) is 3.69. The number of hydrogen-bond acceptors (Lipinski definition) is 1. The van der Waals surface area contributed by atoms with E-state index in [-0.39, 0.29) is 11.9 Å². The molecule has 1 amide bonds.